The van der Waals surface area contributed by atoms with Gasteiger partial charge in [0, 0.05) is 6.54 Å². The van der Waals surface area contributed by atoms with Gasteiger partial charge in [0.25, 0.3) is 5.56 Å². The lowest BCUT2D eigenvalue weighted by molar-refractivity contribution is 0.414. The van der Waals surface area contributed by atoms with E-state index in [9.17, 15) is 4.79 Å². The number of hydrogen-bond donors (Lipinski definition) is 1. The summed E-state index contributed by atoms with van der Waals surface area (Å²) in [7, 11) is 3.51. The second-order valence-electron chi connectivity index (χ2n) is 8.28. The molecule has 0 aliphatic carbocycles. The fraction of sp³-hybridized carbons (Fsp3) is 0.143. The molecule has 36 heavy (non-hydrogen) atoms. The lowest BCUT2D eigenvalue weighted by Gasteiger charge is -2.13. The van der Waals surface area contributed by atoms with Crippen LogP contribution in [-0.2, 0) is 6.54 Å². The van der Waals surface area contributed by atoms with Crippen LogP contribution in [0.2, 0.25) is 0 Å². The average molecular weight is 477 g/mol. The predicted molar refractivity (Wildman–Crippen MR) is 140 cm³/mol. The van der Waals surface area contributed by atoms with E-state index in [0.29, 0.717) is 22.9 Å². The molecule has 1 N–H and O–H groups in total. The van der Waals surface area contributed by atoms with Crippen molar-refractivity contribution in [3.63, 3.8) is 0 Å². The molecule has 2 aromatic heterocycles. The number of aromatic nitrogens is 4. The first-order valence-corrected chi connectivity index (χ1v) is 11.4. The average Bonchev–Trinajstić information content (AvgIpc) is 3.28. The van der Waals surface area contributed by atoms with Gasteiger partial charge in [-0.05, 0) is 72.2 Å². The van der Waals surface area contributed by atoms with Crippen LogP contribution < -0.4 is 15.6 Å². The Hall–Kier alpha value is -4.74. The summed E-state index contributed by atoms with van der Waals surface area (Å²) < 4.78 is 8.28. The SMILES string of the molecule is [C-]#[N+]c1nn(-c2ccc(OC)cc2)c2c(=O)n(-c3ccc(-c4ccccc4CNC)cc3)c(C)nc12. The zero-order chi connectivity index (χ0) is 25.2. The molecule has 3 aromatic carbocycles. The maximum atomic E-state index is 13.8. The number of rotatable bonds is 6. The fourth-order valence-corrected chi connectivity index (χ4v) is 4.38. The van der Waals surface area contributed by atoms with Gasteiger partial charge in [-0.15, -0.1) is 0 Å². The highest BCUT2D eigenvalue weighted by molar-refractivity contribution is 5.87. The van der Waals surface area contributed by atoms with E-state index in [2.05, 4.69) is 32.4 Å². The molecular weight excluding hydrogens is 452 g/mol. The van der Waals surface area contributed by atoms with Crippen molar-refractivity contribution < 1.29 is 4.74 Å². The Labute approximate surface area is 208 Å². The third-order valence-corrected chi connectivity index (χ3v) is 6.09. The van der Waals surface area contributed by atoms with Crippen LogP contribution in [0.1, 0.15) is 11.4 Å². The molecular formula is C28H24N6O2. The van der Waals surface area contributed by atoms with E-state index in [1.54, 1.807) is 42.9 Å². The lowest BCUT2D eigenvalue weighted by Crippen LogP contribution is -2.24. The predicted octanol–water partition coefficient (Wildman–Crippen LogP) is 4.83. The quantitative estimate of drug-likeness (QED) is 0.355. The first kappa shape index (κ1) is 23.0. The fourth-order valence-electron chi connectivity index (χ4n) is 4.38. The van der Waals surface area contributed by atoms with Crippen LogP contribution in [-0.4, -0.2) is 33.5 Å². The number of nitrogens with zero attached hydrogens (tertiary/aromatic N) is 5. The Bertz CT molecular complexity index is 1660. The molecule has 8 heteroatoms. The zero-order valence-electron chi connectivity index (χ0n) is 20.2. The molecule has 5 aromatic rings. The first-order valence-electron chi connectivity index (χ1n) is 11.4. The van der Waals surface area contributed by atoms with Crippen molar-refractivity contribution in [2.24, 2.45) is 0 Å². The van der Waals surface area contributed by atoms with Gasteiger partial charge in [-0.1, -0.05) is 43.0 Å². The Morgan fingerprint density at radius 3 is 2.36 bits per heavy atom. The van der Waals surface area contributed by atoms with Gasteiger partial charge in [-0.25, -0.2) is 4.98 Å². The van der Waals surface area contributed by atoms with E-state index in [4.69, 9.17) is 11.3 Å². The number of fused-ring (bicyclic) bond motifs is 1. The maximum Gasteiger partial charge on any atom is 0.322 e. The summed E-state index contributed by atoms with van der Waals surface area (Å²) in [4.78, 5) is 21.9. The van der Waals surface area contributed by atoms with Crippen LogP contribution in [0.4, 0.5) is 5.82 Å². The van der Waals surface area contributed by atoms with E-state index in [1.807, 2.05) is 43.4 Å². The molecule has 5 rings (SSSR count). The minimum absolute atomic E-state index is 0.0876. The number of methoxy groups -OCH3 is 1. The van der Waals surface area contributed by atoms with Crippen molar-refractivity contribution in [1.29, 1.82) is 0 Å². The third-order valence-electron chi connectivity index (χ3n) is 6.09. The summed E-state index contributed by atoms with van der Waals surface area (Å²) >= 11 is 0. The number of benzene rings is 3. The third kappa shape index (κ3) is 3.91. The van der Waals surface area contributed by atoms with Crippen LogP contribution >= 0.6 is 0 Å². The van der Waals surface area contributed by atoms with Gasteiger partial charge in [-0.2, -0.15) is 4.68 Å². The largest absolute Gasteiger partial charge is 0.497 e. The highest BCUT2D eigenvalue weighted by Crippen LogP contribution is 2.28. The molecule has 0 unspecified atom stereocenters. The molecule has 0 amide bonds. The highest BCUT2D eigenvalue weighted by Gasteiger charge is 2.22. The Kier molecular flexibility index (Phi) is 6.07. The van der Waals surface area contributed by atoms with Crippen molar-refractivity contribution in [1.82, 2.24) is 24.6 Å². The Morgan fingerprint density at radius 1 is 1.00 bits per heavy atom. The highest BCUT2D eigenvalue weighted by atomic mass is 16.5. The van der Waals surface area contributed by atoms with Crippen molar-refractivity contribution >= 4 is 16.9 Å². The van der Waals surface area contributed by atoms with Gasteiger partial charge in [-0.3, -0.25) is 9.36 Å². The summed E-state index contributed by atoms with van der Waals surface area (Å²) in [5.41, 5.74) is 4.96. The lowest BCUT2D eigenvalue weighted by atomic mass is 9.99. The molecule has 0 aliphatic rings. The van der Waals surface area contributed by atoms with Crippen LogP contribution in [0.25, 0.3) is 38.4 Å². The topological polar surface area (TPSA) is 78.3 Å². The molecule has 8 nitrogen and oxygen atoms in total. The van der Waals surface area contributed by atoms with Crippen molar-refractivity contribution in [2.75, 3.05) is 14.2 Å². The molecule has 0 saturated heterocycles. The smallest absolute Gasteiger partial charge is 0.322 e. The number of hydrogen-bond acceptors (Lipinski definition) is 5. The van der Waals surface area contributed by atoms with E-state index in [1.165, 1.54) is 10.2 Å². The van der Waals surface area contributed by atoms with Gasteiger partial charge >= 0.3 is 5.82 Å². The Morgan fingerprint density at radius 2 is 1.69 bits per heavy atom. The van der Waals surface area contributed by atoms with Crippen molar-refractivity contribution in [3.8, 4) is 28.3 Å². The van der Waals surface area contributed by atoms with E-state index < -0.39 is 0 Å². The van der Waals surface area contributed by atoms with Gasteiger partial charge in [0.15, 0.2) is 5.52 Å². The molecule has 0 bridgehead atoms. The van der Waals surface area contributed by atoms with Crippen molar-refractivity contribution in [2.45, 2.75) is 13.5 Å². The van der Waals surface area contributed by atoms with Crippen LogP contribution in [0.3, 0.4) is 0 Å². The molecule has 178 valence electrons. The molecule has 0 aliphatic heterocycles. The van der Waals surface area contributed by atoms with Crippen molar-refractivity contribution in [3.05, 3.63) is 106 Å². The minimum atomic E-state index is -0.293. The van der Waals surface area contributed by atoms with Gasteiger partial charge < -0.3 is 14.9 Å². The summed E-state index contributed by atoms with van der Waals surface area (Å²) in [6.07, 6.45) is 0. The van der Waals surface area contributed by atoms with Crippen LogP contribution in [0, 0.1) is 13.5 Å². The Balaban J connectivity index is 1.65. The molecule has 0 radical (unpaired) electrons. The molecule has 0 saturated carbocycles. The summed E-state index contributed by atoms with van der Waals surface area (Å²) in [5.74, 6) is 1.25. The molecule has 0 atom stereocenters. The number of nitrogens with one attached hydrogen (secondary N) is 1. The van der Waals surface area contributed by atoms with E-state index in [-0.39, 0.29) is 22.4 Å². The molecule has 0 fully saturated rings. The first-order chi connectivity index (χ1) is 17.5. The van der Waals surface area contributed by atoms with Gasteiger partial charge in [0.2, 0.25) is 0 Å². The molecule has 0 spiro atoms. The van der Waals surface area contributed by atoms with Crippen LogP contribution in [0.15, 0.2) is 77.6 Å². The van der Waals surface area contributed by atoms with E-state index in [0.717, 1.165) is 17.7 Å². The number of aryl methyl sites for hydroxylation is 1. The van der Waals surface area contributed by atoms with Gasteiger partial charge in [0.05, 0.1) is 18.5 Å². The normalized spacial score (nSPS) is 10.9. The maximum absolute atomic E-state index is 13.8. The number of ether oxygens (including phenoxy) is 1. The second kappa shape index (κ2) is 9.49. The van der Waals surface area contributed by atoms with E-state index >= 15 is 0 Å². The second-order valence-corrected chi connectivity index (χ2v) is 8.28. The zero-order valence-corrected chi connectivity index (χ0v) is 20.2. The standard InChI is InChI=1S/C28H24N6O2/c1-18-31-25-26(34(32-27(25)30-3)22-13-15-23(36-4)16-14-22)28(35)33(18)21-11-9-19(10-12-21)24-8-6-5-7-20(24)17-29-2/h5-16,29H,17H2,1-2,4H3. The summed E-state index contributed by atoms with van der Waals surface area (Å²) in [5, 5.41) is 7.60. The van der Waals surface area contributed by atoms with Gasteiger partial charge in [0.1, 0.15) is 17.1 Å². The summed E-state index contributed by atoms with van der Waals surface area (Å²) in [6, 6.07) is 23.2. The minimum Gasteiger partial charge on any atom is -0.497 e. The molecule has 2 heterocycles. The van der Waals surface area contributed by atoms with Crippen LogP contribution in [0.5, 0.6) is 5.75 Å². The monoisotopic (exact) mass is 476 g/mol. The summed E-state index contributed by atoms with van der Waals surface area (Å²) in [6.45, 7) is 10.1.